The van der Waals surface area contributed by atoms with Crippen molar-refractivity contribution in [2.45, 2.75) is 30.2 Å². The fourth-order valence-electron chi connectivity index (χ4n) is 4.67. The van der Waals surface area contributed by atoms with Crippen molar-refractivity contribution >= 4 is 28.9 Å². The first-order valence-electron chi connectivity index (χ1n) is 12.5. The van der Waals surface area contributed by atoms with E-state index in [4.69, 9.17) is 11.5 Å². The Balaban J connectivity index is 1.84. The summed E-state index contributed by atoms with van der Waals surface area (Å²) < 4.78 is 88.9. The number of halogens is 6. The zero-order chi connectivity index (χ0) is 31.7. The van der Waals surface area contributed by atoms with Crippen molar-refractivity contribution in [3.8, 4) is 11.5 Å². The van der Waals surface area contributed by atoms with E-state index in [9.17, 15) is 46.1 Å². The molecule has 0 fully saturated rings. The number of allylic oxidation sites excluding steroid dienone is 2. The number of carbonyl (C=O) groups is 2. The lowest BCUT2D eigenvalue weighted by molar-refractivity contribution is -0.288. The third-order valence-corrected chi connectivity index (χ3v) is 6.76. The third kappa shape index (κ3) is 6.00. The molecule has 1 aliphatic rings. The molecule has 43 heavy (non-hydrogen) atoms. The van der Waals surface area contributed by atoms with E-state index in [-0.39, 0.29) is 23.2 Å². The lowest BCUT2D eigenvalue weighted by atomic mass is 9.72. The fraction of sp³-hybridized carbons (Fsp3) is 0.172. The Hall–Kier alpha value is -4.98. The molecule has 8 nitrogen and oxygen atoms in total. The van der Waals surface area contributed by atoms with E-state index in [0.29, 0.717) is 36.4 Å². The van der Waals surface area contributed by atoms with Gasteiger partial charge in [0.1, 0.15) is 11.5 Å². The molecule has 0 radical (unpaired) electrons. The number of carbonyl (C=O) groups excluding carboxylic acids is 2. The maximum Gasteiger partial charge on any atom is 0.411 e. The number of nitrogens with two attached hydrogens (primary N) is 2. The average Bonchev–Trinajstić information content (AvgIpc) is 2.91. The summed E-state index contributed by atoms with van der Waals surface area (Å²) in [6.07, 6.45) is -7.66. The van der Waals surface area contributed by atoms with E-state index in [0.717, 1.165) is 0 Å². The van der Waals surface area contributed by atoms with Crippen molar-refractivity contribution in [1.82, 2.24) is 0 Å². The Morgan fingerprint density at radius 2 is 1.33 bits per heavy atom. The van der Waals surface area contributed by atoms with Crippen LogP contribution in [0.5, 0.6) is 11.5 Å². The van der Waals surface area contributed by atoms with Crippen LogP contribution < -0.4 is 22.1 Å². The molecule has 1 aliphatic carbocycles. The highest BCUT2D eigenvalue weighted by atomic mass is 19.4. The van der Waals surface area contributed by atoms with E-state index in [1.807, 2.05) is 0 Å². The van der Waals surface area contributed by atoms with Crippen LogP contribution in [0.15, 0.2) is 84.5 Å². The highest BCUT2D eigenvalue weighted by molar-refractivity contribution is 6.06. The summed E-state index contributed by atoms with van der Waals surface area (Å²) >= 11 is 0. The lowest BCUT2D eigenvalue weighted by Crippen LogP contribution is -2.54. The van der Waals surface area contributed by atoms with Crippen LogP contribution in [0.4, 0.5) is 43.4 Å². The molecule has 0 saturated heterocycles. The van der Waals surface area contributed by atoms with E-state index in [1.54, 1.807) is 6.08 Å². The van der Waals surface area contributed by atoms with Crippen LogP contribution in [0.25, 0.3) is 0 Å². The minimum Gasteiger partial charge on any atom is -0.506 e. The van der Waals surface area contributed by atoms with E-state index in [1.165, 1.54) is 36.4 Å². The maximum atomic E-state index is 14.8. The van der Waals surface area contributed by atoms with Gasteiger partial charge in [-0.1, -0.05) is 36.4 Å². The summed E-state index contributed by atoms with van der Waals surface area (Å²) in [6, 6.07) is 7.52. The van der Waals surface area contributed by atoms with Gasteiger partial charge in [-0.25, -0.2) is 0 Å². The Bertz CT molecular complexity index is 1620. The molecule has 226 valence electrons. The van der Waals surface area contributed by atoms with Crippen molar-refractivity contribution in [3.05, 3.63) is 101 Å². The molecule has 0 aliphatic heterocycles. The van der Waals surface area contributed by atoms with Gasteiger partial charge in [-0.3, -0.25) is 9.59 Å². The summed E-state index contributed by atoms with van der Waals surface area (Å²) in [5.74, 6) is -3.48. The van der Waals surface area contributed by atoms with Gasteiger partial charge in [0.05, 0.1) is 11.4 Å². The molecule has 0 bridgehead atoms. The van der Waals surface area contributed by atoms with Crippen molar-refractivity contribution < 1.29 is 46.1 Å². The predicted molar refractivity (Wildman–Crippen MR) is 146 cm³/mol. The minimum absolute atomic E-state index is 0.0371. The maximum absolute atomic E-state index is 14.8. The van der Waals surface area contributed by atoms with Gasteiger partial charge in [0.15, 0.2) is 0 Å². The second-order valence-electron chi connectivity index (χ2n) is 9.69. The standard InChI is InChI=1S/C29H24F6N4O4/c30-28(31,32)27(29(33,34)35,17-7-9-23(40)21(13-17)38-25(42)15-3-1-5-19(36)11-15)18-8-10-24(41)22(14-18)39-26(43)16-4-2-6-20(37)12-16/h1-11,13-14,20,40-41H,12,36-37H2,(H,38,42)(H,39,43). The fourth-order valence-corrected chi connectivity index (χ4v) is 4.67. The number of phenols is 2. The third-order valence-electron chi connectivity index (χ3n) is 6.76. The molecule has 0 heterocycles. The van der Waals surface area contributed by atoms with Gasteiger partial charge in [0.25, 0.3) is 11.8 Å². The average molecular weight is 607 g/mol. The molecule has 0 spiro atoms. The van der Waals surface area contributed by atoms with Gasteiger partial charge < -0.3 is 32.3 Å². The second kappa shape index (κ2) is 11.4. The summed E-state index contributed by atoms with van der Waals surface area (Å²) in [4.78, 5) is 25.4. The van der Waals surface area contributed by atoms with Crippen molar-refractivity contribution in [3.63, 3.8) is 0 Å². The van der Waals surface area contributed by atoms with Crippen molar-refractivity contribution in [2.75, 3.05) is 16.4 Å². The molecular formula is C29H24F6N4O4. The number of nitrogen functional groups attached to an aromatic ring is 1. The van der Waals surface area contributed by atoms with Crippen molar-refractivity contribution in [2.24, 2.45) is 5.73 Å². The first-order valence-corrected chi connectivity index (χ1v) is 12.5. The van der Waals surface area contributed by atoms with Gasteiger partial charge in [0.2, 0.25) is 5.41 Å². The zero-order valence-electron chi connectivity index (χ0n) is 21.9. The summed E-state index contributed by atoms with van der Waals surface area (Å²) in [6.45, 7) is 0. The highest BCUT2D eigenvalue weighted by Crippen LogP contribution is 2.57. The van der Waals surface area contributed by atoms with E-state index < -0.39 is 69.6 Å². The Morgan fingerprint density at radius 1 is 0.791 bits per heavy atom. The van der Waals surface area contributed by atoms with Crippen LogP contribution in [-0.4, -0.2) is 40.4 Å². The van der Waals surface area contributed by atoms with Gasteiger partial charge in [-0.15, -0.1) is 0 Å². The molecule has 3 aromatic carbocycles. The van der Waals surface area contributed by atoms with Crippen LogP contribution in [0.1, 0.15) is 27.9 Å². The predicted octanol–water partition coefficient (Wildman–Crippen LogP) is 5.50. The molecule has 14 heteroatoms. The Labute approximate surface area is 240 Å². The number of phenolic OH excluding ortho intramolecular Hbond substituents is 2. The summed E-state index contributed by atoms with van der Waals surface area (Å²) in [5.41, 5.74) is 2.52. The molecule has 8 N–H and O–H groups in total. The quantitative estimate of drug-likeness (QED) is 0.124. The SMILES string of the molecule is Nc1cccc(C(=O)Nc2cc(C(c3ccc(O)c(NC(=O)C4=CC=CC(N)C4)c3)(C(F)(F)F)C(F)(F)F)ccc2O)c1. The minimum atomic E-state index is -6.06. The Morgan fingerprint density at radius 3 is 1.81 bits per heavy atom. The molecule has 1 unspecified atom stereocenters. The molecule has 1 atom stereocenters. The summed E-state index contributed by atoms with van der Waals surface area (Å²) in [5, 5.41) is 24.8. The van der Waals surface area contributed by atoms with Gasteiger partial charge in [-0.2, -0.15) is 26.3 Å². The number of alkyl halides is 6. The second-order valence-corrected chi connectivity index (χ2v) is 9.69. The summed E-state index contributed by atoms with van der Waals surface area (Å²) in [7, 11) is 0. The van der Waals surface area contributed by atoms with Gasteiger partial charge in [-0.05, 0) is 60.0 Å². The lowest BCUT2D eigenvalue weighted by Gasteiger charge is -2.38. The normalized spacial score (nSPS) is 15.5. The van der Waals surface area contributed by atoms with Gasteiger partial charge >= 0.3 is 12.4 Å². The number of hydrogen-bond acceptors (Lipinski definition) is 6. The smallest absolute Gasteiger partial charge is 0.411 e. The first-order chi connectivity index (χ1) is 20.0. The number of nitrogens with one attached hydrogen (secondary N) is 2. The number of benzene rings is 3. The molecular weight excluding hydrogens is 582 g/mol. The topological polar surface area (TPSA) is 151 Å². The van der Waals surface area contributed by atoms with Crippen LogP contribution in [0.2, 0.25) is 0 Å². The van der Waals surface area contributed by atoms with Crippen molar-refractivity contribution in [1.29, 1.82) is 0 Å². The van der Waals surface area contributed by atoms with Crippen LogP contribution in [-0.2, 0) is 10.2 Å². The van der Waals surface area contributed by atoms with Crippen LogP contribution in [0.3, 0.4) is 0 Å². The number of anilines is 3. The molecule has 2 amide bonds. The van der Waals surface area contributed by atoms with E-state index >= 15 is 0 Å². The van der Waals surface area contributed by atoms with Crippen LogP contribution in [0, 0.1) is 0 Å². The van der Waals surface area contributed by atoms with E-state index in [2.05, 4.69) is 10.6 Å². The molecule has 0 saturated carbocycles. The Kier molecular flexibility index (Phi) is 8.18. The first kappa shape index (κ1) is 31.0. The molecule has 0 aromatic heterocycles. The van der Waals surface area contributed by atoms with Gasteiger partial charge in [0, 0.05) is 22.9 Å². The van der Waals surface area contributed by atoms with Crippen LogP contribution >= 0.6 is 0 Å². The zero-order valence-corrected chi connectivity index (χ0v) is 21.9. The monoisotopic (exact) mass is 606 g/mol. The highest BCUT2D eigenvalue weighted by Gasteiger charge is 2.72. The number of hydrogen-bond donors (Lipinski definition) is 6. The molecule has 3 aromatic rings. The number of amides is 2. The molecule has 4 rings (SSSR count). The number of aromatic hydroxyl groups is 2. The number of rotatable bonds is 6. The largest absolute Gasteiger partial charge is 0.506 e.